The van der Waals surface area contributed by atoms with Gasteiger partial charge >= 0.3 is 0 Å². The van der Waals surface area contributed by atoms with Gasteiger partial charge in [-0.05, 0) is 149 Å². The quantitative estimate of drug-likeness (QED) is 0.143. The third-order valence-corrected chi connectivity index (χ3v) is 17.1. The Morgan fingerprint density at radius 3 is 1.27 bits per heavy atom. The Balaban J connectivity index is 0.000000160. The van der Waals surface area contributed by atoms with Gasteiger partial charge in [0.15, 0.2) is 0 Å². The Bertz CT molecular complexity index is 2030. The largest absolute Gasteiger partial charge is 0.508 e. The topological polar surface area (TPSA) is 83.9 Å². The number of piperidine rings is 2. The number of rotatable bonds is 12. The van der Waals surface area contributed by atoms with E-state index in [2.05, 4.69) is 58.3 Å². The first-order valence-electron chi connectivity index (χ1n) is 24.3. The molecule has 4 fully saturated rings. The SMILES string of the molecule is Oc1ccc2c(c1)O[C@@H](c1ccc(OCCN3CCCCC3)cc1)[C@H](C1CCCC1)S2.Oc1ccc2c(c1)O[C@@H](c1ccc(OCCN3CCCCC3)cc1)[C@H](C1CCCCC1)S2. The predicted molar refractivity (Wildman–Crippen MR) is 255 cm³/mol. The van der Waals surface area contributed by atoms with Crippen LogP contribution in [0.4, 0.5) is 0 Å². The van der Waals surface area contributed by atoms with Gasteiger partial charge in [-0.3, -0.25) is 9.80 Å². The summed E-state index contributed by atoms with van der Waals surface area (Å²) in [6.45, 7) is 8.33. The Labute approximate surface area is 384 Å². The number of ether oxygens (including phenoxy) is 4. The lowest BCUT2D eigenvalue weighted by molar-refractivity contribution is 0.152. The second-order valence-electron chi connectivity index (χ2n) is 18.6. The molecule has 4 aromatic rings. The zero-order chi connectivity index (χ0) is 42.8. The molecule has 2 N–H and O–H groups in total. The number of phenols is 2. The second-order valence-corrected chi connectivity index (χ2v) is 21.0. The van der Waals surface area contributed by atoms with Crippen molar-refractivity contribution in [3.63, 3.8) is 0 Å². The van der Waals surface area contributed by atoms with Gasteiger partial charge < -0.3 is 29.2 Å². The summed E-state index contributed by atoms with van der Waals surface area (Å²) in [7, 11) is 0. The van der Waals surface area contributed by atoms with Gasteiger partial charge in [0.05, 0.1) is 20.3 Å². The van der Waals surface area contributed by atoms with E-state index in [1.807, 2.05) is 35.7 Å². The Morgan fingerprint density at radius 2 is 0.857 bits per heavy atom. The first-order chi connectivity index (χ1) is 31.0. The van der Waals surface area contributed by atoms with E-state index in [4.69, 9.17) is 18.9 Å². The number of benzene rings is 4. The van der Waals surface area contributed by atoms with Gasteiger partial charge in [-0.2, -0.15) is 0 Å². The van der Waals surface area contributed by atoms with Crippen LogP contribution in [0, 0.1) is 11.8 Å². The lowest BCUT2D eigenvalue weighted by Gasteiger charge is -2.39. The Morgan fingerprint density at radius 1 is 0.476 bits per heavy atom. The molecule has 0 spiro atoms. The second kappa shape index (κ2) is 22.0. The molecule has 2 saturated heterocycles. The smallest absolute Gasteiger partial charge is 0.137 e. The van der Waals surface area contributed by atoms with Crippen molar-refractivity contribution >= 4 is 23.5 Å². The van der Waals surface area contributed by atoms with Crippen molar-refractivity contribution in [2.24, 2.45) is 11.8 Å². The molecule has 10 rings (SSSR count). The molecule has 0 aromatic heterocycles. The Kier molecular flexibility index (Phi) is 15.5. The minimum atomic E-state index is -0.000185. The summed E-state index contributed by atoms with van der Waals surface area (Å²) in [4.78, 5) is 7.30. The van der Waals surface area contributed by atoms with Crippen molar-refractivity contribution in [3.8, 4) is 34.5 Å². The maximum absolute atomic E-state index is 9.96. The summed E-state index contributed by atoms with van der Waals surface area (Å²) in [5, 5.41) is 20.7. The van der Waals surface area contributed by atoms with Crippen LogP contribution in [0.5, 0.6) is 34.5 Å². The standard InChI is InChI=1S/C27H35NO3S.C26H33NO3S/c29-22-11-14-25-24(19-22)31-26(27(32-25)21-7-3-1-4-8-21)20-9-12-23(13-10-20)30-18-17-28-15-5-2-6-16-28;28-21-10-13-24-23(18-21)30-25(26(31-24)20-6-2-3-7-20)19-8-11-22(12-9-19)29-17-16-27-14-4-1-5-15-27/h9-14,19,21,26-27,29H,1-8,15-18H2;8-13,18,20,25-26,28H,1-7,14-17H2/t26-,27-;25-,26-/m00/s1. The number of thioether (sulfide) groups is 2. The number of hydrogen-bond donors (Lipinski definition) is 2. The molecule has 4 heterocycles. The fourth-order valence-corrected chi connectivity index (χ4v) is 13.5. The molecule has 4 aliphatic heterocycles. The highest BCUT2D eigenvalue weighted by Gasteiger charge is 2.40. The van der Waals surface area contributed by atoms with E-state index >= 15 is 0 Å². The van der Waals surface area contributed by atoms with Crippen molar-refractivity contribution in [3.05, 3.63) is 96.1 Å². The molecular weight excluding hydrogens is 825 g/mol. The normalized spacial score (nSPS) is 24.5. The third kappa shape index (κ3) is 11.8. The van der Waals surface area contributed by atoms with Crippen LogP contribution in [0.25, 0.3) is 0 Å². The maximum atomic E-state index is 9.96. The number of likely N-dealkylation sites (tertiary alicyclic amines) is 2. The van der Waals surface area contributed by atoms with Gasteiger partial charge in [0.1, 0.15) is 59.9 Å². The zero-order valence-corrected chi connectivity index (χ0v) is 38.7. The van der Waals surface area contributed by atoms with E-state index < -0.39 is 0 Å². The monoisotopic (exact) mass is 892 g/mol. The molecule has 0 radical (unpaired) electrons. The lowest BCUT2D eigenvalue weighted by atomic mass is 9.83. The molecule has 8 nitrogen and oxygen atoms in total. The van der Waals surface area contributed by atoms with Crippen molar-refractivity contribution in [2.75, 3.05) is 52.5 Å². The average molecular weight is 893 g/mol. The van der Waals surface area contributed by atoms with Crippen molar-refractivity contribution < 1.29 is 29.2 Å². The van der Waals surface area contributed by atoms with Crippen LogP contribution in [0.3, 0.4) is 0 Å². The minimum Gasteiger partial charge on any atom is -0.508 e. The minimum absolute atomic E-state index is 0.000185. The van der Waals surface area contributed by atoms with Gasteiger partial charge in [-0.25, -0.2) is 0 Å². The molecule has 4 atom stereocenters. The van der Waals surface area contributed by atoms with E-state index in [1.165, 1.54) is 134 Å². The molecule has 0 amide bonds. The molecule has 6 aliphatic rings. The number of aromatic hydroxyl groups is 2. The van der Waals surface area contributed by atoms with Crippen molar-refractivity contribution in [1.29, 1.82) is 0 Å². The van der Waals surface area contributed by atoms with Crippen LogP contribution in [0.1, 0.15) is 120 Å². The fraction of sp³-hybridized carbons (Fsp3) is 0.547. The van der Waals surface area contributed by atoms with E-state index in [1.54, 1.807) is 24.3 Å². The fourth-order valence-electron chi connectivity index (χ4n) is 10.6. The first kappa shape index (κ1) is 44.5. The molecule has 338 valence electrons. The van der Waals surface area contributed by atoms with Crippen LogP contribution in [0.15, 0.2) is 94.7 Å². The third-order valence-electron chi connectivity index (χ3n) is 14.1. The van der Waals surface area contributed by atoms with Crippen molar-refractivity contribution in [1.82, 2.24) is 9.80 Å². The molecule has 10 heteroatoms. The highest BCUT2D eigenvalue weighted by atomic mass is 32.2. The molecular formula is C53H68N2O6S2. The number of hydrogen-bond acceptors (Lipinski definition) is 10. The molecule has 2 aliphatic carbocycles. The molecule has 2 saturated carbocycles. The summed E-state index contributed by atoms with van der Waals surface area (Å²) in [5.74, 6) is 5.33. The number of phenolic OH excluding ortho intramolecular Hbond substituents is 2. The lowest BCUT2D eigenvalue weighted by Crippen LogP contribution is -2.33. The maximum Gasteiger partial charge on any atom is 0.137 e. The summed E-state index contributed by atoms with van der Waals surface area (Å²) in [6.07, 6.45) is 19.8. The van der Waals surface area contributed by atoms with E-state index in [0.717, 1.165) is 59.1 Å². The number of fused-ring (bicyclic) bond motifs is 2. The molecule has 0 unspecified atom stereocenters. The predicted octanol–water partition coefficient (Wildman–Crippen LogP) is 12.5. The van der Waals surface area contributed by atoms with Crippen LogP contribution < -0.4 is 18.9 Å². The first-order valence-corrected chi connectivity index (χ1v) is 26.0. The highest BCUT2D eigenvalue weighted by molar-refractivity contribution is 8.00. The van der Waals surface area contributed by atoms with Crippen LogP contribution in [-0.4, -0.2) is 83.0 Å². The van der Waals surface area contributed by atoms with Crippen LogP contribution >= 0.6 is 23.5 Å². The van der Waals surface area contributed by atoms with Gasteiger partial charge in [-0.15, -0.1) is 23.5 Å². The van der Waals surface area contributed by atoms with Gasteiger partial charge in [0.2, 0.25) is 0 Å². The summed E-state index contributed by atoms with van der Waals surface area (Å²) >= 11 is 3.86. The van der Waals surface area contributed by atoms with Crippen LogP contribution in [-0.2, 0) is 0 Å². The summed E-state index contributed by atoms with van der Waals surface area (Å²) < 4.78 is 25.1. The molecule has 4 aromatic carbocycles. The van der Waals surface area contributed by atoms with Gasteiger partial charge in [0, 0.05) is 25.2 Å². The average Bonchev–Trinajstić information content (AvgIpc) is 3.88. The zero-order valence-electron chi connectivity index (χ0n) is 37.0. The van der Waals surface area contributed by atoms with Gasteiger partial charge in [0.25, 0.3) is 0 Å². The molecule has 63 heavy (non-hydrogen) atoms. The molecule has 0 bridgehead atoms. The summed E-state index contributed by atoms with van der Waals surface area (Å²) in [6, 6.07) is 28.1. The summed E-state index contributed by atoms with van der Waals surface area (Å²) in [5.41, 5.74) is 2.40. The van der Waals surface area contributed by atoms with Crippen LogP contribution in [0.2, 0.25) is 0 Å². The van der Waals surface area contributed by atoms with E-state index in [-0.39, 0.29) is 23.7 Å². The van der Waals surface area contributed by atoms with Gasteiger partial charge in [-0.1, -0.05) is 69.2 Å². The number of nitrogens with zero attached hydrogens (tertiary/aromatic N) is 2. The highest BCUT2D eigenvalue weighted by Crippen LogP contribution is 2.53. The van der Waals surface area contributed by atoms with E-state index in [9.17, 15) is 10.2 Å². The Hall–Kier alpha value is -3.70. The van der Waals surface area contributed by atoms with Crippen molar-refractivity contribution in [2.45, 2.75) is 129 Å². The van der Waals surface area contributed by atoms with E-state index in [0.29, 0.717) is 22.3 Å².